The number of thioether (sulfide) groups is 1. The largest absolute Gasteiger partial charge is 0.466 e. The van der Waals surface area contributed by atoms with Gasteiger partial charge in [0.05, 0.1) is 23.2 Å². The van der Waals surface area contributed by atoms with E-state index in [1.54, 1.807) is 58.8 Å². The lowest BCUT2D eigenvalue weighted by molar-refractivity contribution is -0.153. The number of carbonyl (C=O) groups excluding carboxylic acids is 3. The number of anilines is 1. The van der Waals surface area contributed by atoms with Crippen LogP contribution in [-0.4, -0.2) is 75.0 Å². The Morgan fingerprint density at radius 2 is 2.00 bits per heavy atom. The minimum absolute atomic E-state index is 0.000790. The summed E-state index contributed by atoms with van der Waals surface area (Å²) >= 11 is 11.5. The molecule has 0 saturated carbocycles. The van der Waals surface area contributed by atoms with E-state index >= 15 is 0 Å². The van der Waals surface area contributed by atoms with E-state index in [2.05, 4.69) is 22.5 Å². The van der Waals surface area contributed by atoms with Crippen LogP contribution in [0.5, 0.6) is 0 Å². The number of rotatable bonds is 12. The summed E-state index contributed by atoms with van der Waals surface area (Å²) in [6, 6.07) is 6.35. The predicted octanol–water partition coefficient (Wildman–Crippen LogP) is 4.44. The number of unbranched alkanes of at least 4 members (excludes halogenated alkanes) is 3. The number of benzene rings is 1. The summed E-state index contributed by atoms with van der Waals surface area (Å²) in [7, 11) is 0. The predicted molar refractivity (Wildman–Crippen MR) is 150 cm³/mol. The Morgan fingerprint density at radius 1 is 1.30 bits per heavy atom. The molecule has 3 aliphatic heterocycles. The van der Waals surface area contributed by atoms with Gasteiger partial charge < -0.3 is 19.6 Å². The van der Waals surface area contributed by atoms with E-state index in [0.29, 0.717) is 30.1 Å². The maximum Gasteiger partial charge on any atom is 0.310 e. The van der Waals surface area contributed by atoms with Gasteiger partial charge in [0.2, 0.25) is 5.91 Å². The normalized spacial score (nSPS) is 29.9. The minimum atomic E-state index is -0.721. The first-order chi connectivity index (χ1) is 17.8. The van der Waals surface area contributed by atoms with E-state index in [1.807, 2.05) is 0 Å². The Kier molecular flexibility index (Phi) is 9.30. The number of alkyl halides is 1. The lowest BCUT2D eigenvalue weighted by Crippen LogP contribution is -2.55. The number of hydrogen-bond acceptors (Lipinski definition) is 6. The highest BCUT2D eigenvalue weighted by molar-refractivity contribution is 9.09. The molecule has 3 aliphatic rings. The highest BCUT2D eigenvalue weighted by atomic mass is 79.9. The number of likely N-dealkylation sites (tertiary alicyclic amines) is 1. The molecule has 7 nitrogen and oxygen atoms in total. The summed E-state index contributed by atoms with van der Waals surface area (Å²) in [5, 5.41) is 9.56. The molecule has 1 spiro atoms. The average Bonchev–Trinajstić information content (AvgIpc) is 3.46. The maximum absolute atomic E-state index is 14.4. The molecule has 1 N–H and O–H groups in total. The van der Waals surface area contributed by atoms with Crippen molar-refractivity contribution in [1.29, 1.82) is 0 Å². The smallest absolute Gasteiger partial charge is 0.310 e. The van der Waals surface area contributed by atoms with Crippen molar-refractivity contribution in [2.45, 2.75) is 59.9 Å². The molecule has 0 aromatic heterocycles. The van der Waals surface area contributed by atoms with Crippen LogP contribution in [0.2, 0.25) is 5.02 Å². The van der Waals surface area contributed by atoms with E-state index in [4.69, 9.17) is 21.4 Å². The summed E-state index contributed by atoms with van der Waals surface area (Å²) in [5.41, 5.74) is 0.680. The summed E-state index contributed by atoms with van der Waals surface area (Å²) in [6.45, 7) is 6.70. The molecule has 2 amide bonds. The Hall–Kier alpha value is -1.55. The molecule has 202 valence electrons. The van der Waals surface area contributed by atoms with Crippen LogP contribution in [-0.2, 0) is 19.1 Å². The first kappa shape index (κ1) is 28.5. The monoisotopic (exact) mass is 612 g/mol. The number of nitrogens with zero attached hydrogens (tertiary/aromatic N) is 2. The maximum atomic E-state index is 14.4. The van der Waals surface area contributed by atoms with Gasteiger partial charge in [-0.05, 0) is 50.5 Å². The van der Waals surface area contributed by atoms with Gasteiger partial charge in [0.1, 0.15) is 6.04 Å². The number of aliphatic hydroxyl groups excluding tert-OH is 1. The fourth-order valence-corrected chi connectivity index (χ4v) is 9.85. The van der Waals surface area contributed by atoms with Crippen LogP contribution >= 0.6 is 39.3 Å². The zero-order valence-corrected chi connectivity index (χ0v) is 24.1. The Balaban J connectivity index is 1.72. The van der Waals surface area contributed by atoms with Gasteiger partial charge in [-0.15, -0.1) is 18.3 Å². The molecule has 2 bridgehead atoms. The second-order valence-corrected chi connectivity index (χ2v) is 13.0. The molecule has 3 unspecified atom stereocenters. The third-order valence-corrected chi connectivity index (χ3v) is 11.1. The average molecular weight is 614 g/mol. The number of fused-ring (bicyclic) bond motifs is 1. The molecule has 37 heavy (non-hydrogen) atoms. The number of aliphatic hydroxyl groups is 1. The third-order valence-electron chi connectivity index (χ3n) is 7.60. The van der Waals surface area contributed by atoms with Crippen molar-refractivity contribution in [3.8, 4) is 0 Å². The van der Waals surface area contributed by atoms with Crippen LogP contribution in [0.25, 0.3) is 0 Å². The van der Waals surface area contributed by atoms with Gasteiger partial charge in [0, 0.05) is 40.5 Å². The number of carbonyl (C=O) groups is 3. The van der Waals surface area contributed by atoms with Crippen LogP contribution in [0.3, 0.4) is 0 Å². The molecule has 1 aromatic rings. The van der Waals surface area contributed by atoms with E-state index in [9.17, 15) is 14.4 Å². The van der Waals surface area contributed by atoms with Crippen LogP contribution < -0.4 is 4.90 Å². The second kappa shape index (κ2) is 12.1. The van der Waals surface area contributed by atoms with Crippen LogP contribution in [0.15, 0.2) is 36.9 Å². The SMILES string of the molecule is C=CCN(C(=O)C1N(CCCCCCO)C(=O)[C@@H]2[C@@H](C(=O)OCC)[C@@H]3SC12CC3Br)c1ccc(Cl)cc1. The van der Waals surface area contributed by atoms with Crippen molar-refractivity contribution in [2.24, 2.45) is 11.8 Å². The van der Waals surface area contributed by atoms with E-state index < -0.39 is 22.6 Å². The minimum Gasteiger partial charge on any atom is -0.466 e. The molecule has 3 heterocycles. The molecular formula is C27H34BrClN2O5S. The Morgan fingerprint density at radius 3 is 2.65 bits per heavy atom. The number of halogens is 2. The van der Waals surface area contributed by atoms with Crippen molar-refractivity contribution in [3.63, 3.8) is 0 Å². The van der Waals surface area contributed by atoms with E-state index in [1.165, 1.54) is 0 Å². The number of hydrogen-bond donors (Lipinski definition) is 1. The van der Waals surface area contributed by atoms with Crippen molar-refractivity contribution in [1.82, 2.24) is 4.90 Å². The molecule has 3 fully saturated rings. The number of amides is 2. The summed E-state index contributed by atoms with van der Waals surface area (Å²) in [4.78, 5) is 44.9. The molecule has 6 atom stereocenters. The molecule has 0 aliphatic carbocycles. The lowest BCUT2D eigenvalue weighted by atomic mass is 9.71. The van der Waals surface area contributed by atoms with Crippen molar-refractivity contribution >= 4 is 62.8 Å². The molecule has 1 aromatic carbocycles. The van der Waals surface area contributed by atoms with Crippen LogP contribution in [0, 0.1) is 11.8 Å². The van der Waals surface area contributed by atoms with Crippen LogP contribution in [0.4, 0.5) is 5.69 Å². The summed E-state index contributed by atoms with van der Waals surface area (Å²) < 4.78 is 4.69. The van der Waals surface area contributed by atoms with E-state index in [0.717, 1.165) is 19.3 Å². The zero-order valence-electron chi connectivity index (χ0n) is 21.0. The van der Waals surface area contributed by atoms with Gasteiger partial charge in [-0.3, -0.25) is 14.4 Å². The molecule has 4 rings (SSSR count). The highest BCUT2D eigenvalue weighted by Gasteiger charge is 2.76. The fraction of sp³-hybridized carbons (Fsp3) is 0.593. The first-order valence-electron chi connectivity index (χ1n) is 12.9. The van der Waals surface area contributed by atoms with Crippen molar-refractivity contribution < 1.29 is 24.2 Å². The molecule has 10 heteroatoms. The van der Waals surface area contributed by atoms with Crippen LogP contribution in [0.1, 0.15) is 39.0 Å². The molecule has 0 radical (unpaired) electrons. The topological polar surface area (TPSA) is 87.2 Å². The highest BCUT2D eigenvalue weighted by Crippen LogP contribution is 2.68. The van der Waals surface area contributed by atoms with Gasteiger partial charge in [0.15, 0.2) is 0 Å². The Labute approximate surface area is 236 Å². The first-order valence-corrected chi connectivity index (χ1v) is 15.1. The van der Waals surface area contributed by atoms with Gasteiger partial charge in [0.25, 0.3) is 5.91 Å². The van der Waals surface area contributed by atoms with Gasteiger partial charge in [-0.2, -0.15) is 0 Å². The molecular weight excluding hydrogens is 580 g/mol. The quantitative estimate of drug-likeness (QED) is 0.162. The standard InChI is InChI=1S/C27H34BrClN2O5S/c1-3-13-30(18-11-9-17(29)10-12-18)25(34)23-27-16-19(28)22(37-27)20(26(35)36-4-2)21(27)24(33)31(23)14-7-5-6-8-15-32/h3,9-12,19-23,32H,1,4-8,13-16H2,2H3/t19?,20-,21+,22-,23?,27?/m1/s1. The van der Waals surface area contributed by atoms with Gasteiger partial charge in [-0.25, -0.2) is 0 Å². The summed E-state index contributed by atoms with van der Waals surface area (Å²) in [5.74, 6) is -1.86. The molecule has 3 saturated heterocycles. The fourth-order valence-electron chi connectivity index (χ4n) is 6.13. The number of ether oxygens (including phenoxy) is 1. The zero-order chi connectivity index (χ0) is 26.7. The lowest BCUT2D eigenvalue weighted by Gasteiger charge is -2.37. The number of esters is 1. The Bertz CT molecular complexity index is 1030. The van der Waals surface area contributed by atoms with Gasteiger partial charge >= 0.3 is 5.97 Å². The van der Waals surface area contributed by atoms with Crippen molar-refractivity contribution in [3.05, 3.63) is 41.9 Å². The van der Waals surface area contributed by atoms with Gasteiger partial charge in [-0.1, -0.05) is 46.4 Å². The van der Waals surface area contributed by atoms with Crippen molar-refractivity contribution in [2.75, 3.05) is 31.2 Å². The summed E-state index contributed by atoms with van der Waals surface area (Å²) in [6.07, 6.45) is 5.41. The second-order valence-electron chi connectivity index (χ2n) is 9.80. The van der Waals surface area contributed by atoms with E-state index in [-0.39, 0.29) is 47.6 Å². The third kappa shape index (κ3) is 5.21.